The summed E-state index contributed by atoms with van der Waals surface area (Å²) in [4.78, 5) is 4.03. The maximum absolute atomic E-state index is 12.8. The molecule has 0 aliphatic rings. The number of benzene rings is 2. The summed E-state index contributed by atoms with van der Waals surface area (Å²) in [5, 5.41) is 2.57. The summed E-state index contributed by atoms with van der Waals surface area (Å²) in [6, 6.07) is 11.4. The second-order valence-electron chi connectivity index (χ2n) is 4.81. The molecule has 0 aliphatic heterocycles. The molecule has 0 amide bonds. The van der Waals surface area contributed by atoms with Crippen LogP contribution in [0, 0.1) is 5.82 Å². The van der Waals surface area contributed by atoms with Gasteiger partial charge in [-0.2, -0.15) is 0 Å². The molecule has 2 aromatic rings. The summed E-state index contributed by atoms with van der Waals surface area (Å²) in [7, 11) is 0. The van der Waals surface area contributed by atoms with Gasteiger partial charge in [0.05, 0.1) is 5.69 Å². The number of ether oxygens (including phenoxy) is 1. The molecule has 4 nitrogen and oxygen atoms in total. The largest absolute Gasteiger partial charge is 0.573 e. The third kappa shape index (κ3) is 7.59. The number of hydrogen-bond acceptors (Lipinski definition) is 2. The number of nitrogens with one attached hydrogen (secondary N) is 1. The Labute approximate surface area is 159 Å². The van der Waals surface area contributed by atoms with Gasteiger partial charge in [0.25, 0.3) is 0 Å². The lowest BCUT2D eigenvalue weighted by Crippen LogP contribution is -2.24. The van der Waals surface area contributed by atoms with Gasteiger partial charge in [0, 0.05) is 6.54 Å². The smallest absolute Gasteiger partial charge is 0.404 e. The fourth-order valence-corrected chi connectivity index (χ4v) is 1.92. The monoisotopic (exact) mass is 469 g/mol. The molecule has 2 rings (SSSR count). The standard InChI is InChI=1S/C16H15F4N3O.HI/c17-12-7-5-11(6-8-12)9-10-22-15(21)23-13-3-1-2-4-14(13)24-16(18,19)20;/h1-8H,9-10H2,(H3,21,22,23);1H. The minimum atomic E-state index is -4.80. The van der Waals surface area contributed by atoms with Crippen LogP contribution in [0.2, 0.25) is 0 Å². The number of alkyl halides is 3. The van der Waals surface area contributed by atoms with Crippen LogP contribution in [0.3, 0.4) is 0 Å². The number of rotatable bonds is 5. The normalized spacial score (nSPS) is 11.6. The lowest BCUT2D eigenvalue weighted by Gasteiger charge is -2.14. The van der Waals surface area contributed by atoms with E-state index in [1.165, 1.54) is 36.4 Å². The summed E-state index contributed by atoms with van der Waals surface area (Å²) in [5.41, 5.74) is 6.59. The average molecular weight is 469 g/mol. The summed E-state index contributed by atoms with van der Waals surface area (Å²) >= 11 is 0. The Hall–Kier alpha value is -2.04. The summed E-state index contributed by atoms with van der Waals surface area (Å²) < 4.78 is 53.7. The van der Waals surface area contributed by atoms with E-state index in [9.17, 15) is 17.6 Å². The Kier molecular flexibility index (Phi) is 7.94. The van der Waals surface area contributed by atoms with E-state index in [0.29, 0.717) is 13.0 Å². The molecule has 2 aromatic carbocycles. The van der Waals surface area contributed by atoms with Crippen molar-refractivity contribution in [2.45, 2.75) is 12.8 Å². The molecular formula is C16H16F4IN3O. The Morgan fingerprint density at radius 2 is 1.72 bits per heavy atom. The van der Waals surface area contributed by atoms with Crippen LogP contribution < -0.4 is 15.8 Å². The van der Waals surface area contributed by atoms with Gasteiger partial charge in [0.2, 0.25) is 0 Å². The Balaban J connectivity index is 0.00000312. The van der Waals surface area contributed by atoms with Crippen molar-refractivity contribution in [3.05, 3.63) is 59.9 Å². The second-order valence-corrected chi connectivity index (χ2v) is 4.81. The number of nitrogens with two attached hydrogens (primary N) is 1. The van der Waals surface area contributed by atoms with Crippen molar-refractivity contribution in [3.63, 3.8) is 0 Å². The summed E-state index contributed by atoms with van der Waals surface area (Å²) in [6.45, 7) is 0.298. The van der Waals surface area contributed by atoms with Crippen LogP contribution in [0.1, 0.15) is 5.56 Å². The highest BCUT2D eigenvalue weighted by Crippen LogP contribution is 2.29. The number of anilines is 1. The van der Waals surface area contributed by atoms with Gasteiger partial charge in [-0.25, -0.2) is 4.39 Å². The van der Waals surface area contributed by atoms with Gasteiger partial charge in [-0.15, -0.1) is 37.1 Å². The predicted octanol–water partition coefficient (Wildman–Crippen LogP) is 4.31. The van der Waals surface area contributed by atoms with E-state index in [1.807, 2.05) is 0 Å². The van der Waals surface area contributed by atoms with Crippen molar-refractivity contribution in [1.29, 1.82) is 0 Å². The first-order chi connectivity index (χ1) is 11.3. The van der Waals surface area contributed by atoms with E-state index < -0.39 is 12.1 Å². The van der Waals surface area contributed by atoms with E-state index in [2.05, 4.69) is 15.0 Å². The summed E-state index contributed by atoms with van der Waals surface area (Å²) in [6.07, 6.45) is -4.28. The molecule has 0 aromatic heterocycles. The van der Waals surface area contributed by atoms with Crippen LogP contribution in [0.5, 0.6) is 5.75 Å². The third-order valence-corrected chi connectivity index (χ3v) is 2.97. The first-order valence-corrected chi connectivity index (χ1v) is 6.99. The minimum Gasteiger partial charge on any atom is -0.404 e. The van der Waals surface area contributed by atoms with Gasteiger partial charge in [-0.3, -0.25) is 4.99 Å². The number of para-hydroxylation sites is 2. The molecule has 136 valence electrons. The maximum atomic E-state index is 12.8. The minimum absolute atomic E-state index is 0. The maximum Gasteiger partial charge on any atom is 0.573 e. The van der Waals surface area contributed by atoms with Gasteiger partial charge in [-0.1, -0.05) is 24.3 Å². The van der Waals surface area contributed by atoms with Crippen molar-refractivity contribution < 1.29 is 22.3 Å². The van der Waals surface area contributed by atoms with E-state index >= 15 is 0 Å². The lowest BCUT2D eigenvalue weighted by atomic mass is 10.1. The molecule has 0 saturated carbocycles. The predicted molar refractivity (Wildman–Crippen MR) is 98.8 cm³/mol. The average Bonchev–Trinajstić information content (AvgIpc) is 2.50. The van der Waals surface area contributed by atoms with Crippen LogP contribution in [0.15, 0.2) is 53.5 Å². The Morgan fingerprint density at radius 1 is 1.08 bits per heavy atom. The molecule has 0 fully saturated rings. The third-order valence-electron chi connectivity index (χ3n) is 2.97. The molecule has 0 aliphatic carbocycles. The van der Waals surface area contributed by atoms with E-state index in [4.69, 9.17) is 5.73 Å². The highest BCUT2D eigenvalue weighted by molar-refractivity contribution is 14.0. The van der Waals surface area contributed by atoms with Crippen LogP contribution in [0.4, 0.5) is 23.2 Å². The number of hydrogen-bond donors (Lipinski definition) is 2. The van der Waals surface area contributed by atoms with E-state index in [-0.39, 0.29) is 41.4 Å². The first kappa shape index (κ1) is 21.0. The highest BCUT2D eigenvalue weighted by Gasteiger charge is 2.32. The molecule has 0 spiro atoms. The molecule has 9 heteroatoms. The fourth-order valence-electron chi connectivity index (χ4n) is 1.92. The number of guanidine groups is 1. The van der Waals surface area contributed by atoms with Crippen LogP contribution in [-0.2, 0) is 6.42 Å². The zero-order chi connectivity index (χ0) is 17.6. The topological polar surface area (TPSA) is 59.6 Å². The quantitative estimate of drug-likeness (QED) is 0.297. The molecule has 0 heterocycles. The van der Waals surface area contributed by atoms with E-state index in [0.717, 1.165) is 5.56 Å². The van der Waals surface area contributed by atoms with Crippen molar-refractivity contribution in [2.24, 2.45) is 10.7 Å². The molecule has 0 bridgehead atoms. The van der Waals surface area contributed by atoms with Crippen molar-refractivity contribution in [2.75, 3.05) is 11.9 Å². The summed E-state index contributed by atoms with van der Waals surface area (Å²) in [5.74, 6) is -0.776. The Morgan fingerprint density at radius 3 is 2.36 bits per heavy atom. The van der Waals surface area contributed by atoms with Gasteiger partial charge < -0.3 is 15.8 Å². The lowest BCUT2D eigenvalue weighted by molar-refractivity contribution is -0.274. The van der Waals surface area contributed by atoms with Gasteiger partial charge in [0.1, 0.15) is 5.82 Å². The highest BCUT2D eigenvalue weighted by atomic mass is 127. The van der Waals surface area contributed by atoms with Gasteiger partial charge in [-0.05, 0) is 36.2 Å². The van der Waals surface area contributed by atoms with E-state index in [1.54, 1.807) is 12.1 Å². The van der Waals surface area contributed by atoms with Crippen LogP contribution in [0.25, 0.3) is 0 Å². The molecule has 0 saturated heterocycles. The van der Waals surface area contributed by atoms with Crippen LogP contribution >= 0.6 is 24.0 Å². The number of halogens is 5. The van der Waals surface area contributed by atoms with Crippen LogP contribution in [-0.4, -0.2) is 18.9 Å². The fraction of sp³-hybridized carbons (Fsp3) is 0.188. The molecule has 0 radical (unpaired) electrons. The molecule has 3 N–H and O–H groups in total. The second kappa shape index (κ2) is 9.44. The zero-order valence-corrected chi connectivity index (χ0v) is 15.2. The Bertz CT molecular complexity index is 705. The molecule has 25 heavy (non-hydrogen) atoms. The molecular weight excluding hydrogens is 453 g/mol. The van der Waals surface area contributed by atoms with Gasteiger partial charge in [0.15, 0.2) is 11.7 Å². The van der Waals surface area contributed by atoms with Crippen molar-refractivity contribution >= 4 is 35.6 Å². The van der Waals surface area contributed by atoms with Gasteiger partial charge >= 0.3 is 6.36 Å². The zero-order valence-electron chi connectivity index (χ0n) is 12.9. The first-order valence-electron chi connectivity index (χ1n) is 6.99. The number of nitrogens with zero attached hydrogens (tertiary/aromatic N) is 1. The molecule has 0 unspecified atom stereocenters. The van der Waals surface area contributed by atoms with Crippen molar-refractivity contribution in [1.82, 2.24) is 0 Å². The van der Waals surface area contributed by atoms with Crippen molar-refractivity contribution in [3.8, 4) is 5.75 Å². The molecule has 0 atom stereocenters. The number of aliphatic imine (C=N–C) groups is 1. The SMILES string of the molecule is I.NC(=NCCc1ccc(F)cc1)Nc1ccccc1OC(F)(F)F.